The maximum absolute atomic E-state index is 4.40. The van der Waals surface area contributed by atoms with Crippen molar-refractivity contribution in [3.8, 4) is 0 Å². The molecule has 1 N–H and O–H groups in total. The molecule has 0 bridgehead atoms. The maximum atomic E-state index is 4.40. The number of aromatic nitrogens is 1. The zero-order chi connectivity index (χ0) is 13.8. The fraction of sp³-hybridized carbons (Fsp3) is 0.312. The van der Waals surface area contributed by atoms with Crippen molar-refractivity contribution in [2.75, 3.05) is 24.3 Å². The van der Waals surface area contributed by atoms with Crippen LogP contribution in [0.3, 0.4) is 0 Å². The Kier molecular flexibility index (Phi) is 4.05. The number of hydrogen-bond donors (Lipinski definition) is 1. The van der Waals surface area contributed by atoms with Gasteiger partial charge in [-0.2, -0.15) is 0 Å². The summed E-state index contributed by atoms with van der Waals surface area (Å²) in [4.78, 5) is 6.40. The van der Waals surface area contributed by atoms with Gasteiger partial charge in [0, 0.05) is 20.1 Å². The van der Waals surface area contributed by atoms with Gasteiger partial charge in [0.15, 0.2) is 0 Å². The monoisotopic (exact) mass is 255 g/mol. The minimum Gasteiger partial charge on any atom is -0.377 e. The van der Waals surface area contributed by atoms with Crippen molar-refractivity contribution in [3.05, 3.63) is 53.7 Å². The van der Waals surface area contributed by atoms with Gasteiger partial charge in [-0.15, -0.1) is 0 Å². The highest BCUT2D eigenvalue weighted by atomic mass is 15.1. The van der Waals surface area contributed by atoms with Crippen LogP contribution in [0.5, 0.6) is 0 Å². The van der Waals surface area contributed by atoms with Gasteiger partial charge in [-0.1, -0.05) is 29.8 Å². The third-order valence-corrected chi connectivity index (χ3v) is 3.17. The van der Waals surface area contributed by atoms with E-state index < -0.39 is 0 Å². The molecule has 0 amide bonds. The normalized spacial score (nSPS) is 12.0. The molecule has 0 aliphatic rings. The molecular formula is C16H21N3. The summed E-state index contributed by atoms with van der Waals surface area (Å²) in [5, 5.41) is 3.46. The van der Waals surface area contributed by atoms with Gasteiger partial charge in [0.05, 0.1) is 11.9 Å². The Balaban J connectivity index is 2.06. The second-order valence-electron chi connectivity index (χ2n) is 5.08. The lowest BCUT2D eigenvalue weighted by molar-refractivity contribution is 0.881. The number of nitrogens with one attached hydrogen (secondary N) is 1. The van der Waals surface area contributed by atoms with E-state index in [-0.39, 0.29) is 6.04 Å². The van der Waals surface area contributed by atoms with Gasteiger partial charge in [-0.25, -0.2) is 4.98 Å². The Bertz CT molecular complexity index is 515. The summed E-state index contributed by atoms with van der Waals surface area (Å²) in [6.07, 6.45) is 1.88. The van der Waals surface area contributed by atoms with Gasteiger partial charge in [0.25, 0.3) is 0 Å². The number of pyridine rings is 1. The lowest BCUT2D eigenvalue weighted by Gasteiger charge is -2.17. The highest BCUT2D eigenvalue weighted by Gasteiger charge is 2.05. The molecule has 0 saturated heterocycles. The fourth-order valence-electron chi connectivity index (χ4n) is 1.92. The van der Waals surface area contributed by atoms with Crippen LogP contribution in [-0.2, 0) is 0 Å². The number of anilines is 2. The molecule has 1 atom stereocenters. The van der Waals surface area contributed by atoms with Gasteiger partial charge in [0.2, 0.25) is 0 Å². The van der Waals surface area contributed by atoms with Gasteiger partial charge < -0.3 is 10.2 Å². The molecule has 100 valence electrons. The minimum absolute atomic E-state index is 0.271. The van der Waals surface area contributed by atoms with Gasteiger partial charge >= 0.3 is 0 Å². The molecule has 1 unspecified atom stereocenters. The van der Waals surface area contributed by atoms with E-state index in [4.69, 9.17) is 0 Å². The molecule has 3 nitrogen and oxygen atoms in total. The first kappa shape index (κ1) is 13.4. The number of rotatable bonds is 4. The van der Waals surface area contributed by atoms with Crippen molar-refractivity contribution in [3.63, 3.8) is 0 Å². The van der Waals surface area contributed by atoms with Crippen molar-refractivity contribution in [2.24, 2.45) is 0 Å². The van der Waals surface area contributed by atoms with Crippen LogP contribution in [-0.4, -0.2) is 19.1 Å². The molecule has 0 fully saturated rings. The van der Waals surface area contributed by atoms with Crippen LogP contribution in [0.4, 0.5) is 11.5 Å². The molecule has 2 rings (SSSR count). The van der Waals surface area contributed by atoms with E-state index in [1.807, 2.05) is 31.3 Å². The van der Waals surface area contributed by atoms with Crippen LogP contribution in [0.15, 0.2) is 42.6 Å². The average molecular weight is 255 g/mol. The summed E-state index contributed by atoms with van der Waals surface area (Å²) in [6.45, 7) is 4.26. The van der Waals surface area contributed by atoms with Gasteiger partial charge in [0.1, 0.15) is 5.82 Å². The Morgan fingerprint density at radius 2 is 1.74 bits per heavy atom. The summed E-state index contributed by atoms with van der Waals surface area (Å²) >= 11 is 0. The molecule has 1 aromatic heterocycles. The predicted molar refractivity (Wildman–Crippen MR) is 81.8 cm³/mol. The summed E-state index contributed by atoms with van der Waals surface area (Å²) in [5.41, 5.74) is 3.61. The van der Waals surface area contributed by atoms with Crippen LogP contribution in [0.25, 0.3) is 0 Å². The first-order chi connectivity index (χ1) is 9.06. The third kappa shape index (κ3) is 3.47. The van der Waals surface area contributed by atoms with Crippen molar-refractivity contribution >= 4 is 11.5 Å². The molecule has 0 saturated carbocycles. The average Bonchev–Trinajstić information content (AvgIpc) is 2.40. The highest BCUT2D eigenvalue weighted by molar-refractivity contribution is 5.49. The van der Waals surface area contributed by atoms with E-state index >= 15 is 0 Å². The summed E-state index contributed by atoms with van der Waals surface area (Å²) in [5.74, 6) is 0.966. The van der Waals surface area contributed by atoms with Crippen LogP contribution in [0.1, 0.15) is 24.1 Å². The molecular weight excluding hydrogens is 234 g/mol. The molecule has 0 radical (unpaired) electrons. The number of aryl methyl sites for hydroxylation is 1. The first-order valence-electron chi connectivity index (χ1n) is 6.53. The molecule has 1 heterocycles. The second-order valence-corrected chi connectivity index (χ2v) is 5.08. The lowest BCUT2D eigenvalue weighted by Crippen LogP contribution is -2.11. The van der Waals surface area contributed by atoms with Gasteiger partial charge in [-0.05, 0) is 31.5 Å². The Hall–Kier alpha value is -2.03. The SMILES string of the molecule is Cc1ccc(C(C)Nc2ccc(N(C)C)nc2)cc1. The lowest BCUT2D eigenvalue weighted by atomic mass is 10.1. The Labute approximate surface area is 115 Å². The molecule has 0 aliphatic heterocycles. The van der Waals surface area contributed by atoms with Crippen molar-refractivity contribution < 1.29 is 0 Å². The second kappa shape index (κ2) is 5.74. The minimum atomic E-state index is 0.271. The van der Waals surface area contributed by atoms with Crippen LogP contribution in [0, 0.1) is 6.92 Å². The van der Waals surface area contributed by atoms with Crippen molar-refractivity contribution in [2.45, 2.75) is 19.9 Å². The largest absolute Gasteiger partial charge is 0.377 e. The number of hydrogen-bond acceptors (Lipinski definition) is 3. The number of nitrogens with zero attached hydrogens (tertiary/aromatic N) is 2. The third-order valence-electron chi connectivity index (χ3n) is 3.17. The standard InChI is InChI=1S/C16H21N3/c1-12-5-7-14(8-6-12)13(2)18-15-9-10-16(17-11-15)19(3)4/h5-11,13,18H,1-4H3. The summed E-state index contributed by atoms with van der Waals surface area (Å²) < 4.78 is 0. The fourth-order valence-corrected chi connectivity index (χ4v) is 1.92. The number of benzene rings is 1. The summed E-state index contributed by atoms with van der Waals surface area (Å²) in [7, 11) is 3.98. The van der Waals surface area contributed by atoms with Crippen molar-refractivity contribution in [1.29, 1.82) is 0 Å². The molecule has 0 spiro atoms. The quantitative estimate of drug-likeness (QED) is 0.904. The Morgan fingerprint density at radius 1 is 1.05 bits per heavy atom. The van der Waals surface area contributed by atoms with Crippen molar-refractivity contribution in [1.82, 2.24) is 4.98 Å². The van der Waals surface area contributed by atoms with E-state index in [2.05, 4.69) is 54.5 Å². The first-order valence-corrected chi connectivity index (χ1v) is 6.53. The highest BCUT2D eigenvalue weighted by Crippen LogP contribution is 2.20. The molecule has 19 heavy (non-hydrogen) atoms. The maximum Gasteiger partial charge on any atom is 0.128 e. The molecule has 3 heteroatoms. The van der Waals surface area contributed by atoms with Crippen LogP contribution < -0.4 is 10.2 Å². The van der Waals surface area contributed by atoms with E-state index in [0.717, 1.165) is 11.5 Å². The zero-order valence-electron chi connectivity index (χ0n) is 12.0. The molecule has 2 aromatic rings. The topological polar surface area (TPSA) is 28.2 Å². The van der Waals surface area contributed by atoms with E-state index in [0.29, 0.717) is 0 Å². The van der Waals surface area contributed by atoms with Crippen LogP contribution >= 0.6 is 0 Å². The zero-order valence-corrected chi connectivity index (χ0v) is 12.0. The predicted octanol–water partition coefficient (Wildman–Crippen LogP) is 3.63. The van der Waals surface area contributed by atoms with E-state index in [1.165, 1.54) is 11.1 Å². The van der Waals surface area contributed by atoms with E-state index in [9.17, 15) is 0 Å². The summed E-state index contributed by atoms with van der Waals surface area (Å²) in [6, 6.07) is 13.0. The van der Waals surface area contributed by atoms with Crippen LogP contribution in [0.2, 0.25) is 0 Å². The van der Waals surface area contributed by atoms with E-state index in [1.54, 1.807) is 0 Å². The molecule has 0 aliphatic carbocycles. The molecule has 1 aromatic carbocycles. The van der Waals surface area contributed by atoms with Gasteiger partial charge in [-0.3, -0.25) is 0 Å². The Morgan fingerprint density at radius 3 is 2.26 bits per heavy atom. The smallest absolute Gasteiger partial charge is 0.128 e.